The number of sulfonamides is 1. The highest BCUT2D eigenvalue weighted by Crippen LogP contribution is 2.25. The predicted octanol–water partition coefficient (Wildman–Crippen LogP) is 2.52. The lowest BCUT2D eigenvalue weighted by Crippen LogP contribution is -2.28. The summed E-state index contributed by atoms with van der Waals surface area (Å²) < 4.78 is 52.5. The van der Waals surface area contributed by atoms with Crippen LogP contribution in [0.2, 0.25) is 0 Å². The van der Waals surface area contributed by atoms with E-state index in [0.29, 0.717) is 18.8 Å². The third-order valence-corrected chi connectivity index (χ3v) is 5.83. The van der Waals surface area contributed by atoms with Gasteiger partial charge in [-0.05, 0) is 30.3 Å². The van der Waals surface area contributed by atoms with Crippen molar-refractivity contribution in [2.45, 2.75) is 18.4 Å². The van der Waals surface area contributed by atoms with Crippen molar-refractivity contribution < 1.29 is 22.0 Å². The van der Waals surface area contributed by atoms with Gasteiger partial charge in [-0.2, -0.15) is 4.31 Å². The fourth-order valence-corrected chi connectivity index (χ4v) is 3.77. The van der Waals surface area contributed by atoms with Gasteiger partial charge in [-0.25, -0.2) is 17.2 Å². The second kappa shape index (κ2) is 6.53. The van der Waals surface area contributed by atoms with Gasteiger partial charge >= 0.3 is 0 Å². The van der Waals surface area contributed by atoms with E-state index in [9.17, 15) is 22.0 Å². The second-order valence-electron chi connectivity index (χ2n) is 5.74. The van der Waals surface area contributed by atoms with E-state index >= 15 is 0 Å². The van der Waals surface area contributed by atoms with Crippen molar-refractivity contribution >= 4 is 21.6 Å². The summed E-state index contributed by atoms with van der Waals surface area (Å²) in [7, 11) is -3.47. The number of carbonyl (C=O) groups excluding carboxylic acids is 1. The van der Waals surface area contributed by atoms with E-state index < -0.39 is 21.7 Å². The lowest BCUT2D eigenvalue weighted by Gasteiger charge is -2.22. The van der Waals surface area contributed by atoms with E-state index in [1.54, 1.807) is 0 Å². The molecule has 0 N–H and O–H groups in total. The molecule has 1 saturated heterocycles. The highest BCUT2D eigenvalue weighted by molar-refractivity contribution is 7.89. The molecule has 0 atom stereocenters. The Morgan fingerprint density at radius 3 is 2.28 bits per heavy atom. The summed E-state index contributed by atoms with van der Waals surface area (Å²) in [5.74, 6) is -1.78. The van der Waals surface area contributed by atoms with E-state index in [1.165, 1.54) is 46.5 Å². The summed E-state index contributed by atoms with van der Waals surface area (Å²) in [5.41, 5.74) is 0.596. The molecule has 25 heavy (non-hydrogen) atoms. The number of hydrogen-bond acceptors (Lipinski definition) is 3. The number of hydrogen-bond donors (Lipinski definition) is 0. The number of nitrogens with zero attached hydrogens (tertiary/aromatic N) is 2. The Labute approximate surface area is 144 Å². The molecule has 5 nitrogen and oxygen atoms in total. The Balaban J connectivity index is 1.87. The molecule has 0 bridgehead atoms. The van der Waals surface area contributed by atoms with E-state index in [4.69, 9.17) is 0 Å². The van der Waals surface area contributed by atoms with Crippen LogP contribution in [0.25, 0.3) is 0 Å². The number of rotatable bonds is 5. The minimum atomic E-state index is -3.47. The third kappa shape index (κ3) is 3.69. The first kappa shape index (κ1) is 17.5. The molecule has 1 aliphatic heterocycles. The Morgan fingerprint density at radius 1 is 1.12 bits per heavy atom. The molecule has 0 unspecified atom stereocenters. The van der Waals surface area contributed by atoms with Gasteiger partial charge in [0.15, 0.2) is 0 Å². The standard InChI is InChI=1S/C17H16F2N2O3S/c1-12(22)21(11-13-2-3-14(18)10-17(13)19)15-4-6-16(7-5-15)25(23,24)20-8-9-20/h2-7,10H,8-9,11H2,1H3. The van der Waals surface area contributed by atoms with Crippen LogP contribution in [0.15, 0.2) is 47.4 Å². The molecule has 1 aliphatic rings. The van der Waals surface area contributed by atoms with E-state index in [2.05, 4.69) is 0 Å². The Bertz CT molecular complexity index is 910. The van der Waals surface area contributed by atoms with E-state index in [-0.39, 0.29) is 22.9 Å². The monoisotopic (exact) mass is 366 g/mol. The Hall–Kier alpha value is -2.32. The van der Waals surface area contributed by atoms with Crippen LogP contribution in [0.1, 0.15) is 12.5 Å². The number of amides is 1. The van der Waals surface area contributed by atoms with Gasteiger partial charge in [0.2, 0.25) is 15.9 Å². The minimum absolute atomic E-state index is 0.0837. The first-order valence-electron chi connectivity index (χ1n) is 7.61. The molecule has 2 aromatic carbocycles. The molecule has 0 spiro atoms. The van der Waals surface area contributed by atoms with Crippen LogP contribution in [-0.4, -0.2) is 31.7 Å². The third-order valence-electron chi connectivity index (χ3n) is 3.92. The van der Waals surface area contributed by atoms with Gasteiger partial charge in [0, 0.05) is 37.3 Å². The fourth-order valence-electron chi connectivity index (χ4n) is 2.43. The molecule has 2 aromatic rings. The smallest absolute Gasteiger partial charge is 0.243 e. The SMILES string of the molecule is CC(=O)N(Cc1ccc(F)cc1F)c1ccc(S(=O)(=O)N2CC2)cc1. The summed E-state index contributed by atoms with van der Waals surface area (Å²) in [5, 5.41) is 0. The minimum Gasteiger partial charge on any atom is -0.308 e. The maximum atomic E-state index is 13.8. The first-order chi connectivity index (χ1) is 11.8. The Kier molecular flexibility index (Phi) is 4.57. The summed E-state index contributed by atoms with van der Waals surface area (Å²) >= 11 is 0. The largest absolute Gasteiger partial charge is 0.308 e. The zero-order valence-corrected chi connectivity index (χ0v) is 14.3. The molecule has 1 heterocycles. The molecule has 0 aromatic heterocycles. The van der Waals surface area contributed by atoms with Gasteiger partial charge < -0.3 is 4.90 Å². The number of anilines is 1. The van der Waals surface area contributed by atoms with Gasteiger partial charge in [-0.3, -0.25) is 4.79 Å². The van der Waals surface area contributed by atoms with Crippen molar-refractivity contribution in [3.8, 4) is 0 Å². The van der Waals surface area contributed by atoms with Crippen LogP contribution in [0.5, 0.6) is 0 Å². The number of benzene rings is 2. The zero-order valence-electron chi connectivity index (χ0n) is 13.4. The maximum absolute atomic E-state index is 13.8. The summed E-state index contributed by atoms with van der Waals surface area (Å²) in [4.78, 5) is 13.4. The topological polar surface area (TPSA) is 57.5 Å². The highest BCUT2D eigenvalue weighted by atomic mass is 32.2. The lowest BCUT2D eigenvalue weighted by molar-refractivity contribution is -0.116. The molecular weight excluding hydrogens is 350 g/mol. The summed E-state index contributed by atoms with van der Waals surface area (Å²) in [6.45, 7) is 2.25. The fraction of sp³-hybridized carbons (Fsp3) is 0.235. The van der Waals surface area contributed by atoms with Crippen LogP contribution in [0.4, 0.5) is 14.5 Å². The van der Waals surface area contributed by atoms with Crippen molar-refractivity contribution in [3.63, 3.8) is 0 Å². The average Bonchev–Trinajstić information content (AvgIpc) is 3.39. The van der Waals surface area contributed by atoms with E-state index in [0.717, 1.165) is 12.1 Å². The zero-order chi connectivity index (χ0) is 18.2. The van der Waals surface area contributed by atoms with Crippen LogP contribution in [0, 0.1) is 11.6 Å². The molecule has 0 saturated carbocycles. The van der Waals surface area contributed by atoms with Crippen molar-refractivity contribution in [3.05, 3.63) is 59.7 Å². The maximum Gasteiger partial charge on any atom is 0.243 e. The van der Waals surface area contributed by atoms with Crippen molar-refractivity contribution in [2.24, 2.45) is 0 Å². The molecule has 0 radical (unpaired) electrons. The molecule has 1 fully saturated rings. The van der Waals surface area contributed by atoms with Crippen LogP contribution < -0.4 is 4.90 Å². The van der Waals surface area contributed by atoms with Gasteiger partial charge in [0.05, 0.1) is 11.4 Å². The molecular formula is C17H16F2N2O3S. The number of carbonyl (C=O) groups is 1. The van der Waals surface area contributed by atoms with E-state index in [1.807, 2.05) is 0 Å². The van der Waals surface area contributed by atoms with Gasteiger partial charge in [0.25, 0.3) is 0 Å². The number of halogens is 2. The van der Waals surface area contributed by atoms with Crippen LogP contribution in [-0.2, 0) is 21.4 Å². The first-order valence-corrected chi connectivity index (χ1v) is 9.05. The summed E-state index contributed by atoms with van der Waals surface area (Å²) in [6.07, 6.45) is 0. The van der Waals surface area contributed by atoms with Crippen molar-refractivity contribution in [1.82, 2.24) is 4.31 Å². The molecule has 0 aliphatic carbocycles. The predicted molar refractivity (Wildman–Crippen MR) is 88.4 cm³/mol. The van der Waals surface area contributed by atoms with Crippen molar-refractivity contribution in [1.29, 1.82) is 0 Å². The quantitative estimate of drug-likeness (QED) is 0.764. The molecule has 132 valence electrons. The normalized spacial score (nSPS) is 14.4. The van der Waals surface area contributed by atoms with Crippen LogP contribution in [0.3, 0.4) is 0 Å². The van der Waals surface area contributed by atoms with Gasteiger partial charge in [0.1, 0.15) is 11.6 Å². The second-order valence-corrected chi connectivity index (χ2v) is 7.68. The van der Waals surface area contributed by atoms with Crippen molar-refractivity contribution in [2.75, 3.05) is 18.0 Å². The molecule has 1 amide bonds. The van der Waals surface area contributed by atoms with Gasteiger partial charge in [-0.1, -0.05) is 6.07 Å². The van der Waals surface area contributed by atoms with Crippen LogP contribution >= 0.6 is 0 Å². The molecule has 3 rings (SSSR count). The summed E-state index contributed by atoms with van der Waals surface area (Å²) in [6, 6.07) is 8.99. The Morgan fingerprint density at radius 2 is 1.76 bits per heavy atom. The average molecular weight is 366 g/mol. The highest BCUT2D eigenvalue weighted by Gasteiger charge is 2.33. The lowest BCUT2D eigenvalue weighted by atomic mass is 10.1. The molecule has 8 heteroatoms. The van der Waals surface area contributed by atoms with Gasteiger partial charge in [-0.15, -0.1) is 0 Å².